The van der Waals surface area contributed by atoms with Gasteiger partial charge in [0.1, 0.15) is 0 Å². The summed E-state index contributed by atoms with van der Waals surface area (Å²) < 4.78 is 0. The van der Waals surface area contributed by atoms with E-state index in [0.717, 1.165) is 12.0 Å². The van der Waals surface area contributed by atoms with Gasteiger partial charge < -0.3 is 10.8 Å². The monoisotopic (exact) mass is 221 g/mol. The van der Waals surface area contributed by atoms with Crippen molar-refractivity contribution >= 4 is 0 Å². The Morgan fingerprint density at radius 3 is 2.31 bits per heavy atom. The van der Waals surface area contributed by atoms with E-state index in [1.807, 2.05) is 33.8 Å². The fourth-order valence-electron chi connectivity index (χ4n) is 1.72. The molecule has 90 valence electrons. The van der Waals surface area contributed by atoms with E-state index in [2.05, 4.69) is 18.2 Å². The van der Waals surface area contributed by atoms with Crippen molar-refractivity contribution in [1.82, 2.24) is 0 Å². The van der Waals surface area contributed by atoms with Crippen molar-refractivity contribution in [3.63, 3.8) is 0 Å². The minimum absolute atomic E-state index is 0.155. The standard InChI is InChI=1S/C14H23NO/c1-13(2,10-16)12-7-5-6-11(8-12)9-14(3,4)15/h5-8,16H,9-10,15H2,1-4H3. The Bertz CT molecular complexity index is 350. The fraction of sp³-hybridized carbons (Fsp3) is 0.571. The Balaban J connectivity index is 2.96. The van der Waals surface area contributed by atoms with Crippen molar-refractivity contribution in [3.8, 4) is 0 Å². The van der Waals surface area contributed by atoms with Gasteiger partial charge >= 0.3 is 0 Å². The summed E-state index contributed by atoms with van der Waals surface area (Å²) in [5.41, 5.74) is 8.02. The van der Waals surface area contributed by atoms with Crippen molar-refractivity contribution in [2.24, 2.45) is 5.73 Å². The van der Waals surface area contributed by atoms with Crippen LogP contribution < -0.4 is 5.73 Å². The Morgan fingerprint density at radius 1 is 1.19 bits per heavy atom. The third-order valence-electron chi connectivity index (χ3n) is 2.76. The zero-order valence-electron chi connectivity index (χ0n) is 10.7. The Kier molecular flexibility index (Phi) is 3.76. The molecule has 0 bridgehead atoms. The molecule has 0 aliphatic heterocycles. The van der Waals surface area contributed by atoms with Crippen LogP contribution in [0.5, 0.6) is 0 Å². The largest absolute Gasteiger partial charge is 0.395 e. The molecule has 0 aliphatic carbocycles. The van der Waals surface area contributed by atoms with Gasteiger partial charge in [0.05, 0.1) is 6.61 Å². The van der Waals surface area contributed by atoms with E-state index in [0.29, 0.717) is 0 Å². The second-order valence-electron chi connectivity index (χ2n) is 5.91. The number of rotatable bonds is 4. The van der Waals surface area contributed by atoms with Crippen molar-refractivity contribution in [2.75, 3.05) is 6.61 Å². The summed E-state index contributed by atoms with van der Waals surface area (Å²) in [6.07, 6.45) is 0.850. The summed E-state index contributed by atoms with van der Waals surface area (Å²) in [5.74, 6) is 0. The number of hydrogen-bond acceptors (Lipinski definition) is 2. The zero-order chi connectivity index (χ0) is 12.4. The number of aliphatic hydroxyl groups excluding tert-OH is 1. The molecule has 0 aromatic heterocycles. The maximum atomic E-state index is 9.35. The first-order chi connectivity index (χ1) is 7.24. The van der Waals surface area contributed by atoms with Gasteiger partial charge in [0, 0.05) is 11.0 Å². The third-order valence-corrected chi connectivity index (χ3v) is 2.76. The second kappa shape index (κ2) is 4.56. The molecule has 16 heavy (non-hydrogen) atoms. The van der Waals surface area contributed by atoms with Gasteiger partial charge in [-0.25, -0.2) is 0 Å². The Morgan fingerprint density at radius 2 is 1.81 bits per heavy atom. The van der Waals surface area contributed by atoms with E-state index < -0.39 is 0 Å². The average molecular weight is 221 g/mol. The maximum Gasteiger partial charge on any atom is 0.0522 e. The summed E-state index contributed by atoms with van der Waals surface area (Å²) in [4.78, 5) is 0. The fourth-order valence-corrected chi connectivity index (χ4v) is 1.72. The molecule has 0 fully saturated rings. The molecule has 2 nitrogen and oxygen atoms in total. The van der Waals surface area contributed by atoms with Crippen LogP contribution in [-0.4, -0.2) is 17.3 Å². The number of hydrogen-bond donors (Lipinski definition) is 2. The van der Waals surface area contributed by atoms with Gasteiger partial charge in [-0.15, -0.1) is 0 Å². The van der Waals surface area contributed by atoms with E-state index in [1.54, 1.807) is 0 Å². The van der Waals surface area contributed by atoms with Crippen LogP contribution in [0, 0.1) is 0 Å². The quantitative estimate of drug-likeness (QED) is 0.819. The van der Waals surface area contributed by atoms with E-state index in [4.69, 9.17) is 5.73 Å². The van der Waals surface area contributed by atoms with Gasteiger partial charge in [-0.1, -0.05) is 38.1 Å². The molecule has 0 heterocycles. The van der Waals surface area contributed by atoms with Crippen LogP contribution in [0.25, 0.3) is 0 Å². The number of nitrogens with two attached hydrogens (primary N) is 1. The molecule has 2 heteroatoms. The second-order valence-corrected chi connectivity index (χ2v) is 5.91. The molecule has 0 aliphatic rings. The third kappa shape index (κ3) is 3.62. The molecule has 0 saturated carbocycles. The molecule has 0 saturated heterocycles. The van der Waals surface area contributed by atoms with Crippen LogP contribution in [-0.2, 0) is 11.8 Å². The highest BCUT2D eigenvalue weighted by Gasteiger charge is 2.20. The zero-order valence-corrected chi connectivity index (χ0v) is 10.7. The van der Waals surface area contributed by atoms with Crippen molar-refractivity contribution in [1.29, 1.82) is 0 Å². The smallest absolute Gasteiger partial charge is 0.0522 e. The van der Waals surface area contributed by atoms with E-state index in [9.17, 15) is 5.11 Å². The first-order valence-electron chi connectivity index (χ1n) is 5.74. The van der Waals surface area contributed by atoms with E-state index in [1.165, 1.54) is 5.56 Å². The highest BCUT2D eigenvalue weighted by Crippen LogP contribution is 2.24. The van der Waals surface area contributed by atoms with Gasteiger partial charge in [-0.2, -0.15) is 0 Å². The number of benzene rings is 1. The molecule has 0 radical (unpaired) electrons. The topological polar surface area (TPSA) is 46.2 Å². The van der Waals surface area contributed by atoms with Gasteiger partial charge in [-0.05, 0) is 31.4 Å². The van der Waals surface area contributed by atoms with Gasteiger partial charge in [0.25, 0.3) is 0 Å². The molecule has 1 aromatic rings. The van der Waals surface area contributed by atoms with Gasteiger partial charge in [0.2, 0.25) is 0 Å². The lowest BCUT2D eigenvalue weighted by Crippen LogP contribution is -2.34. The van der Waals surface area contributed by atoms with Crippen LogP contribution in [0.2, 0.25) is 0 Å². The highest BCUT2D eigenvalue weighted by atomic mass is 16.3. The molecular formula is C14H23NO. The lowest BCUT2D eigenvalue weighted by Gasteiger charge is -2.24. The van der Waals surface area contributed by atoms with Crippen LogP contribution >= 0.6 is 0 Å². The molecule has 0 spiro atoms. The van der Waals surface area contributed by atoms with Crippen molar-refractivity contribution in [2.45, 2.75) is 45.1 Å². The summed E-state index contributed by atoms with van der Waals surface area (Å²) >= 11 is 0. The van der Waals surface area contributed by atoms with Crippen LogP contribution in [0.4, 0.5) is 0 Å². The molecule has 3 N–H and O–H groups in total. The number of aliphatic hydroxyl groups is 1. The van der Waals surface area contributed by atoms with Crippen molar-refractivity contribution < 1.29 is 5.11 Å². The Labute approximate surface area is 98.5 Å². The van der Waals surface area contributed by atoms with Crippen LogP contribution in [0.1, 0.15) is 38.8 Å². The van der Waals surface area contributed by atoms with Crippen LogP contribution in [0.15, 0.2) is 24.3 Å². The molecule has 1 aromatic carbocycles. The summed E-state index contributed by atoms with van der Waals surface area (Å²) in [6.45, 7) is 8.29. The summed E-state index contributed by atoms with van der Waals surface area (Å²) in [5, 5.41) is 9.35. The lowest BCUT2D eigenvalue weighted by atomic mass is 9.83. The average Bonchev–Trinajstić information content (AvgIpc) is 2.15. The lowest BCUT2D eigenvalue weighted by molar-refractivity contribution is 0.218. The minimum atomic E-state index is -0.192. The van der Waals surface area contributed by atoms with E-state index in [-0.39, 0.29) is 17.6 Å². The van der Waals surface area contributed by atoms with Gasteiger partial charge in [0.15, 0.2) is 0 Å². The minimum Gasteiger partial charge on any atom is -0.395 e. The predicted molar refractivity (Wildman–Crippen MR) is 68.5 cm³/mol. The molecule has 0 amide bonds. The van der Waals surface area contributed by atoms with Crippen molar-refractivity contribution in [3.05, 3.63) is 35.4 Å². The normalized spacial score (nSPS) is 12.9. The first kappa shape index (κ1) is 13.2. The van der Waals surface area contributed by atoms with E-state index >= 15 is 0 Å². The molecule has 0 atom stereocenters. The molecular weight excluding hydrogens is 198 g/mol. The van der Waals surface area contributed by atoms with Crippen LogP contribution in [0.3, 0.4) is 0 Å². The highest BCUT2D eigenvalue weighted by molar-refractivity contribution is 5.30. The Hall–Kier alpha value is -0.860. The maximum absolute atomic E-state index is 9.35. The predicted octanol–water partition coefficient (Wildman–Crippen LogP) is 2.24. The van der Waals surface area contributed by atoms with Gasteiger partial charge in [-0.3, -0.25) is 0 Å². The molecule has 0 unspecified atom stereocenters. The summed E-state index contributed by atoms with van der Waals surface area (Å²) in [7, 11) is 0. The molecule has 1 rings (SSSR count). The SMILES string of the molecule is CC(C)(N)Cc1cccc(C(C)(C)CO)c1. The first-order valence-corrected chi connectivity index (χ1v) is 5.74. The summed E-state index contributed by atoms with van der Waals surface area (Å²) in [6, 6.07) is 8.33.